The average molecular weight is 533 g/mol. The van der Waals surface area contributed by atoms with Crippen molar-refractivity contribution in [3.05, 3.63) is 108 Å². The Bertz CT molecular complexity index is 1280. The Morgan fingerprint density at radius 3 is 2.00 bits per heavy atom. The molecule has 0 spiro atoms. The second-order valence-electron chi connectivity index (χ2n) is 10.2. The summed E-state index contributed by atoms with van der Waals surface area (Å²) in [5.41, 5.74) is 2.63. The van der Waals surface area contributed by atoms with Gasteiger partial charge in [0.15, 0.2) is 0 Å². The van der Waals surface area contributed by atoms with E-state index in [1.165, 1.54) is 4.90 Å². The van der Waals surface area contributed by atoms with Gasteiger partial charge in [-0.2, -0.15) is 0 Å². The van der Waals surface area contributed by atoms with Gasteiger partial charge in [0.1, 0.15) is 12.6 Å². The van der Waals surface area contributed by atoms with E-state index in [0.717, 1.165) is 16.7 Å². The highest BCUT2D eigenvalue weighted by Crippen LogP contribution is 2.73. The zero-order valence-corrected chi connectivity index (χ0v) is 22.3. The molecule has 8 heteroatoms. The Hall–Kier alpha value is -3.62. The van der Waals surface area contributed by atoms with Crippen LogP contribution in [0.5, 0.6) is 0 Å². The van der Waals surface area contributed by atoms with Gasteiger partial charge in [0.2, 0.25) is 5.91 Å². The first-order valence-corrected chi connectivity index (χ1v) is 14.5. The first-order chi connectivity index (χ1) is 18.3. The number of rotatable bonds is 7. The number of nitrogens with zero attached hydrogens (tertiary/aromatic N) is 1. The Morgan fingerprint density at radius 1 is 0.974 bits per heavy atom. The number of nitrogens with one attached hydrogen (secondary N) is 1. The van der Waals surface area contributed by atoms with E-state index in [0.29, 0.717) is 0 Å². The van der Waals surface area contributed by atoms with Crippen molar-refractivity contribution in [2.45, 2.75) is 49.1 Å². The molecule has 3 atom stereocenters. The largest absolute Gasteiger partial charge is 0.459 e. The molecule has 2 N–H and O–H groups in total. The summed E-state index contributed by atoms with van der Waals surface area (Å²) in [6.07, 6.45) is 0.122. The van der Waals surface area contributed by atoms with Gasteiger partial charge in [0.25, 0.3) is 5.24 Å². The number of amides is 2. The smallest absolute Gasteiger partial charge is 0.330 e. The molecule has 0 aliphatic carbocycles. The normalized spacial score (nSPS) is 25.2. The molecule has 1 unspecified atom stereocenters. The van der Waals surface area contributed by atoms with E-state index in [4.69, 9.17) is 4.74 Å². The molecule has 3 aromatic rings. The second-order valence-corrected chi connectivity index (χ2v) is 14.0. The number of carbonyl (C=O) groups excluding carboxylic acids is 3. The van der Waals surface area contributed by atoms with E-state index in [2.05, 4.69) is 5.32 Å². The van der Waals surface area contributed by atoms with Crippen molar-refractivity contribution < 1.29 is 24.2 Å². The third-order valence-corrected chi connectivity index (χ3v) is 12.4. The number of hydrogen-bond acceptors (Lipinski definition) is 5. The summed E-state index contributed by atoms with van der Waals surface area (Å²) in [6, 6.07) is 27.2. The molecule has 2 aliphatic rings. The highest BCUT2D eigenvalue weighted by molar-refractivity contribution is 8.46. The minimum absolute atomic E-state index is 0.0662. The third-order valence-electron chi connectivity index (χ3n) is 7.80. The number of fused-ring (bicyclic) bond motifs is 1. The quantitative estimate of drug-likeness (QED) is 0.340. The molecule has 2 amide bonds. The van der Waals surface area contributed by atoms with E-state index in [1.54, 1.807) is 13.8 Å². The van der Waals surface area contributed by atoms with E-state index in [1.807, 2.05) is 91.0 Å². The lowest BCUT2D eigenvalue weighted by molar-refractivity contribution is -0.162. The van der Waals surface area contributed by atoms with Gasteiger partial charge >= 0.3 is 5.97 Å². The highest BCUT2D eigenvalue weighted by atomic mass is 32.3. The summed E-state index contributed by atoms with van der Waals surface area (Å²) in [5.74, 6) is -1.20. The second kappa shape index (κ2) is 10.3. The number of aliphatic hydroxyl groups excluding tert-OH is 1. The minimum atomic E-state index is -2.61. The van der Waals surface area contributed by atoms with Crippen LogP contribution in [-0.4, -0.2) is 49.2 Å². The summed E-state index contributed by atoms with van der Waals surface area (Å²) < 4.78 is 4.63. The highest BCUT2D eigenvalue weighted by Gasteiger charge is 2.71. The summed E-state index contributed by atoms with van der Waals surface area (Å²) in [5, 5.41) is 13.2. The topological polar surface area (TPSA) is 95.9 Å². The maximum atomic E-state index is 14.3. The summed E-state index contributed by atoms with van der Waals surface area (Å²) >= 11 is 0. The predicted molar refractivity (Wildman–Crippen MR) is 147 cm³/mol. The van der Waals surface area contributed by atoms with Gasteiger partial charge in [-0.15, -0.1) is 10.0 Å². The van der Waals surface area contributed by atoms with E-state index < -0.39 is 44.1 Å². The number of carbonyl (C=O) groups is 3. The molecule has 2 fully saturated rings. The van der Waals surface area contributed by atoms with Gasteiger partial charge in [0.05, 0.1) is 23.8 Å². The zero-order chi connectivity index (χ0) is 26.9. The molecule has 198 valence electrons. The standard InChI is InChI=1S/C30H32N2O5S/c1-30(2)27(28(35)37-19-21-12-6-3-7-13-21)32-24(34)18-25(32)38(30,20-33)29(36)31-26(22-14-8-4-9-15-22)23-16-10-5-11-17-23/h3-17,25-27,33H,18-20H2,1-2H3,(H,31,36)/t25-,27+/m1/s1. The van der Waals surface area contributed by atoms with Crippen molar-refractivity contribution in [2.24, 2.45) is 0 Å². The van der Waals surface area contributed by atoms with Crippen LogP contribution >= 0.6 is 10.0 Å². The Morgan fingerprint density at radius 2 is 1.50 bits per heavy atom. The number of ether oxygens (including phenoxy) is 1. The van der Waals surface area contributed by atoms with Crippen LogP contribution in [0.25, 0.3) is 0 Å². The maximum Gasteiger partial charge on any atom is 0.330 e. The number of hydrogen-bond donors (Lipinski definition) is 2. The molecule has 7 nitrogen and oxygen atoms in total. The summed E-state index contributed by atoms with van der Waals surface area (Å²) in [6.45, 7) is 3.67. The zero-order valence-electron chi connectivity index (χ0n) is 21.4. The predicted octanol–water partition coefficient (Wildman–Crippen LogP) is 4.70. The molecule has 2 heterocycles. The lowest BCUT2D eigenvalue weighted by Crippen LogP contribution is -2.57. The fraction of sp³-hybridized carbons (Fsp3) is 0.300. The molecule has 2 aliphatic heterocycles. The van der Waals surface area contributed by atoms with Gasteiger partial charge in [-0.3, -0.25) is 9.59 Å². The lowest BCUT2D eigenvalue weighted by atomic mass is 9.98. The molecule has 5 rings (SSSR count). The number of esters is 1. The molecule has 2 saturated heterocycles. The maximum absolute atomic E-state index is 14.3. The van der Waals surface area contributed by atoms with Crippen LogP contribution in [0, 0.1) is 0 Å². The van der Waals surface area contributed by atoms with Gasteiger partial charge in [-0.05, 0) is 30.5 Å². The van der Waals surface area contributed by atoms with Crippen LogP contribution in [-0.2, 0) is 20.9 Å². The fourth-order valence-corrected chi connectivity index (χ4v) is 9.72. The number of benzene rings is 3. The Kier molecular flexibility index (Phi) is 7.03. The van der Waals surface area contributed by atoms with Crippen LogP contribution in [0.2, 0.25) is 0 Å². The van der Waals surface area contributed by atoms with E-state index in [9.17, 15) is 19.5 Å². The van der Waals surface area contributed by atoms with Crippen molar-refractivity contribution >= 4 is 27.1 Å². The average Bonchev–Trinajstić information content (AvgIpc) is 3.11. The van der Waals surface area contributed by atoms with Gasteiger partial charge in [0, 0.05) is 4.75 Å². The van der Waals surface area contributed by atoms with E-state index >= 15 is 0 Å². The molecule has 0 radical (unpaired) electrons. The van der Waals surface area contributed by atoms with Crippen molar-refractivity contribution in [3.8, 4) is 0 Å². The molecule has 0 aromatic heterocycles. The molecular formula is C30H32N2O5S. The summed E-state index contributed by atoms with van der Waals surface area (Å²) in [7, 11) is -2.61. The van der Waals surface area contributed by atoms with Crippen LogP contribution in [0.4, 0.5) is 4.79 Å². The monoisotopic (exact) mass is 532 g/mol. The van der Waals surface area contributed by atoms with Gasteiger partial charge in [-0.25, -0.2) is 4.79 Å². The van der Waals surface area contributed by atoms with Crippen LogP contribution in [0.15, 0.2) is 91.0 Å². The Labute approximate surface area is 224 Å². The SMILES string of the molecule is CC1(C)[C@H](C(=O)OCc2ccccc2)N2C(=O)C[C@H]2S1(CO)C(=O)NC(c1ccccc1)c1ccccc1. The Balaban J connectivity index is 1.47. The van der Waals surface area contributed by atoms with E-state index in [-0.39, 0.29) is 24.2 Å². The van der Waals surface area contributed by atoms with Gasteiger partial charge < -0.3 is 20.1 Å². The van der Waals surface area contributed by atoms with Crippen molar-refractivity contribution in [1.82, 2.24) is 10.2 Å². The first kappa shape index (κ1) is 26.0. The molecule has 38 heavy (non-hydrogen) atoms. The minimum Gasteiger partial charge on any atom is -0.459 e. The summed E-state index contributed by atoms with van der Waals surface area (Å²) in [4.78, 5) is 42.0. The van der Waals surface area contributed by atoms with Crippen molar-refractivity contribution in [2.75, 3.05) is 5.94 Å². The van der Waals surface area contributed by atoms with Crippen molar-refractivity contribution in [1.29, 1.82) is 0 Å². The van der Waals surface area contributed by atoms with Crippen LogP contribution < -0.4 is 5.32 Å². The fourth-order valence-electron chi connectivity index (χ4n) is 5.68. The molecule has 0 saturated carbocycles. The van der Waals surface area contributed by atoms with Crippen LogP contribution in [0.1, 0.15) is 43.0 Å². The van der Waals surface area contributed by atoms with Crippen molar-refractivity contribution in [3.63, 3.8) is 0 Å². The third kappa shape index (κ3) is 4.18. The van der Waals surface area contributed by atoms with Gasteiger partial charge in [-0.1, -0.05) is 91.0 Å². The first-order valence-electron chi connectivity index (χ1n) is 12.6. The molecule has 3 aromatic carbocycles. The number of β-lactam (4-membered cyclic amide) rings is 1. The molecule has 0 bridgehead atoms. The lowest BCUT2D eigenvalue weighted by Gasteiger charge is -2.49. The van der Waals surface area contributed by atoms with Crippen LogP contribution in [0.3, 0.4) is 0 Å². The number of aliphatic hydroxyl groups is 1. The molecular weight excluding hydrogens is 500 g/mol.